The minimum absolute atomic E-state index is 0.384. The maximum atomic E-state index is 12.6. The maximum Gasteiger partial charge on any atom is 0.248 e. The SMILES string of the molecule is CSc1ccccc1NC(=O)C(C)N(c1ccccc1)S(C)(=O)=O. The molecule has 1 N–H and O–H groups in total. The van der Waals surface area contributed by atoms with E-state index >= 15 is 0 Å². The fourth-order valence-corrected chi connectivity index (χ4v) is 4.10. The van der Waals surface area contributed by atoms with Crippen LogP contribution in [-0.2, 0) is 14.8 Å². The van der Waals surface area contributed by atoms with E-state index in [9.17, 15) is 13.2 Å². The molecular formula is C17H20N2O3S2. The molecule has 0 saturated heterocycles. The van der Waals surface area contributed by atoms with E-state index in [4.69, 9.17) is 0 Å². The molecule has 0 saturated carbocycles. The van der Waals surface area contributed by atoms with Crippen molar-refractivity contribution in [2.24, 2.45) is 0 Å². The molecule has 24 heavy (non-hydrogen) atoms. The Kier molecular flexibility index (Phi) is 5.90. The van der Waals surface area contributed by atoms with E-state index in [2.05, 4.69) is 5.32 Å². The second-order valence-electron chi connectivity index (χ2n) is 5.26. The molecule has 0 fully saturated rings. The molecule has 0 radical (unpaired) electrons. The zero-order valence-corrected chi connectivity index (χ0v) is 15.4. The summed E-state index contributed by atoms with van der Waals surface area (Å²) in [5, 5.41) is 2.82. The summed E-state index contributed by atoms with van der Waals surface area (Å²) >= 11 is 1.51. The summed E-state index contributed by atoms with van der Waals surface area (Å²) in [6, 6.07) is 15.1. The summed E-state index contributed by atoms with van der Waals surface area (Å²) in [6.07, 6.45) is 3.01. The summed E-state index contributed by atoms with van der Waals surface area (Å²) in [5.41, 5.74) is 1.13. The van der Waals surface area contributed by atoms with Crippen LogP contribution in [-0.4, -0.2) is 32.9 Å². The van der Waals surface area contributed by atoms with Crippen molar-refractivity contribution in [1.82, 2.24) is 0 Å². The van der Waals surface area contributed by atoms with Crippen LogP contribution in [0.25, 0.3) is 0 Å². The van der Waals surface area contributed by atoms with E-state index < -0.39 is 16.1 Å². The molecule has 0 bridgehead atoms. The number of amides is 1. The van der Waals surface area contributed by atoms with Gasteiger partial charge in [-0.05, 0) is 37.4 Å². The normalized spacial score (nSPS) is 12.5. The van der Waals surface area contributed by atoms with Gasteiger partial charge in [-0.2, -0.15) is 0 Å². The summed E-state index contributed by atoms with van der Waals surface area (Å²) < 4.78 is 25.5. The van der Waals surface area contributed by atoms with Gasteiger partial charge in [-0.25, -0.2) is 8.42 Å². The lowest BCUT2D eigenvalue weighted by Crippen LogP contribution is -2.45. The molecule has 5 nitrogen and oxygen atoms in total. The zero-order valence-electron chi connectivity index (χ0n) is 13.8. The Morgan fingerprint density at radius 1 is 1.08 bits per heavy atom. The molecule has 0 aliphatic heterocycles. The van der Waals surface area contributed by atoms with Crippen molar-refractivity contribution in [3.8, 4) is 0 Å². The van der Waals surface area contributed by atoms with E-state index in [1.54, 1.807) is 43.3 Å². The Morgan fingerprint density at radius 3 is 2.25 bits per heavy atom. The minimum Gasteiger partial charge on any atom is -0.323 e. The highest BCUT2D eigenvalue weighted by Gasteiger charge is 2.29. The van der Waals surface area contributed by atoms with Gasteiger partial charge in [0.05, 0.1) is 17.6 Å². The first-order chi connectivity index (χ1) is 11.3. The molecule has 0 spiro atoms. The highest BCUT2D eigenvalue weighted by molar-refractivity contribution is 7.98. The smallest absolute Gasteiger partial charge is 0.248 e. The van der Waals surface area contributed by atoms with E-state index in [1.165, 1.54) is 11.8 Å². The summed E-state index contributed by atoms with van der Waals surface area (Å²) in [7, 11) is -3.60. The lowest BCUT2D eigenvalue weighted by molar-refractivity contribution is -0.116. The van der Waals surface area contributed by atoms with Crippen LogP contribution in [0.2, 0.25) is 0 Å². The van der Waals surface area contributed by atoms with Crippen LogP contribution < -0.4 is 9.62 Å². The number of para-hydroxylation sites is 2. The quantitative estimate of drug-likeness (QED) is 0.800. The standard InChI is InChI=1S/C17H20N2O3S2/c1-13(17(20)18-15-11-7-8-12-16(15)23-2)19(24(3,21)22)14-9-5-4-6-10-14/h4-13H,1-3H3,(H,18,20). The van der Waals surface area contributed by atoms with E-state index in [1.807, 2.05) is 24.5 Å². The number of rotatable bonds is 6. The molecule has 2 aromatic rings. The van der Waals surface area contributed by atoms with Gasteiger partial charge in [-0.15, -0.1) is 11.8 Å². The lowest BCUT2D eigenvalue weighted by Gasteiger charge is -2.28. The van der Waals surface area contributed by atoms with Crippen molar-refractivity contribution in [2.75, 3.05) is 22.1 Å². The highest BCUT2D eigenvalue weighted by Crippen LogP contribution is 2.26. The molecule has 0 aromatic heterocycles. The number of nitrogens with zero attached hydrogens (tertiary/aromatic N) is 1. The number of hydrogen-bond donors (Lipinski definition) is 1. The number of anilines is 2. The zero-order chi connectivity index (χ0) is 17.7. The highest BCUT2D eigenvalue weighted by atomic mass is 32.2. The number of benzene rings is 2. The molecule has 0 aliphatic rings. The largest absolute Gasteiger partial charge is 0.323 e. The third-order valence-corrected chi connectivity index (χ3v) is 5.50. The predicted octanol–water partition coefficient (Wildman–Crippen LogP) is 3.20. The fraction of sp³-hybridized carbons (Fsp3) is 0.235. The number of carbonyl (C=O) groups is 1. The lowest BCUT2D eigenvalue weighted by atomic mass is 10.2. The summed E-state index contributed by atoms with van der Waals surface area (Å²) in [5.74, 6) is -0.384. The van der Waals surface area contributed by atoms with Crippen molar-refractivity contribution < 1.29 is 13.2 Å². The first-order valence-electron chi connectivity index (χ1n) is 7.33. The Bertz CT molecular complexity index is 808. The Balaban J connectivity index is 2.30. The first kappa shape index (κ1) is 18.4. The maximum absolute atomic E-state index is 12.6. The fourth-order valence-electron chi connectivity index (χ4n) is 2.37. The van der Waals surface area contributed by atoms with Gasteiger partial charge in [0.25, 0.3) is 0 Å². The van der Waals surface area contributed by atoms with E-state index in [0.717, 1.165) is 15.5 Å². The van der Waals surface area contributed by atoms with Gasteiger partial charge in [0.15, 0.2) is 0 Å². The molecular weight excluding hydrogens is 344 g/mol. The van der Waals surface area contributed by atoms with Crippen LogP contribution in [0.4, 0.5) is 11.4 Å². The van der Waals surface area contributed by atoms with E-state index in [-0.39, 0.29) is 5.91 Å². The molecule has 1 atom stereocenters. The average Bonchev–Trinajstić information content (AvgIpc) is 2.55. The predicted molar refractivity (Wildman–Crippen MR) is 100 cm³/mol. The van der Waals surface area contributed by atoms with Gasteiger partial charge in [0.2, 0.25) is 15.9 Å². The molecule has 1 unspecified atom stereocenters. The topological polar surface area (TPSA) is 66.5 Å². The molecule has 2 aromatic carbocycles. The van der Waals surface area contributed by atoms with E-state index in [0.29, 0.717) is 11.4 Å². The Hall–Kier alpha value is -1.99. The minimum atomic E-state index is -3.60. The second kappa shape index (κ2) is 7.72. The van der Waals surface area contributed by atoms with Gasteiger partial charge in [-0.3, -0.25) is 9.10 Å². The van der Waals surface area contributed by atoms with Crippen LogP contribution in [0.5, 0.6) is 0 Å². The Morgan fingerprint density at radius 2 is 1.67 bits per heavy atom. The molecule has 1 amide bonds. The third kappa shape index (κ3) is 4.30. The number of thioether (sulfide) groups is 1. The molecule has 0 heterocycles. The number of carbonyl (C=O) groups excluding carboxylic acids is 1. The molecule has 128 valence electrons. The monoisotopic (exact) mass is 364 g/mol. The first-order valence-corrected chi connectivity index (χ1v) is 10.4. The summed E-state index contributed by atoms with van der Waals surface area (Å²) in [6.45, 7) is 1.57. The molecule has 0 aliphatic carbocycles. The average molecular weight is 364 g/mol. The van der Waals surface area contributed by atoms with Crippen LogP contribution in [0.3, 0.4) is 0 Å². The van der Waals surface area contributed by atoms with Crippen LogP contribution in [0.1, 0.15) is 6.92 Å². The van der Waals surface area contributed by atoms with Gasteiger partial charge in [0, 0.05) is 4.90 Å². The van der Waals surface area contributed by atoms with Gasteiger partial charge in [0.1, 0.15) is 6.04 Å². The van der Waals surface area contributed by atoms with Gasteiger partial charge >= 0.3 is 0 Å². The van der Waals surface area contributed by atoms with Gasteiger partial charge in [-0.1, -0.05) is 30.3 Å². The van der Waals surface area contributed by atoms with Crippen LogP contribution in [0, 0.1) is 0 Å². The second-order valence-corrected chi connectivity index (χ2v) is 7.97. The van der Waals surface area contributed by atoms with Crippen molar-refractivity contribution in [1.29, 1.82) is 0 Å². The van der Waals surface area contributed by atoms with Crippen LogP contribution >= 0.6 is 11.8 Å². The molecule has 2 rings (SSSR count). The van der Waals surface area contributed by atoms with Crippen molar-refractivity contribution >= 4 is 39.1 Å². The number of sulfonamides is 1. The number of hydrogen-bond acceptors (Lipinski definition) is 4. The third-order valence-electron chi connectivity index (χ3n) is 3.46. The van der Waals surface area contributed by atoms with Crippen molar-refractivity contribution in [2.45, 2.75) is 17.9 Å². The van der Waals surface area contributed by atoms with Crippen molar-refractivity contribution in [3.63, 3.8) is 0 Å². The van der Waals surface area contributed by atoms with Gasteiger partial charge < -0.3 is 5.32 Å². The van der Waals surface area contributed by atoms with Crippen molar-refractivity contribution in [3.05, 3.63) is 54.6 Å². The number of nitrogens with one attached hydrogen (secondary N) is 1. The Labute approximate surface area is 147 Å². The summed E-state index contributed by atoms with van der Waals surface area (Å²) in [4.78, 5) is 13.5. The molecule has 7 heteroatoms. The van der Waals surface area contributed by atoms with Crippen LogP contribution in [0.15, 0.2) is 59.5 Å².